The van der Waals surface area contributed by atoms with Gasteiger partial charge in [-0.15, -0.1) is 0 Å². The number of amides is 1. The molecule has 1 aliphatic rings. The van der Waals surface area contributed by atoms with Crippen LogP contribution in [0.4, 0.5) is 5.13 Å². The fourth-order valence-corrected chi connectivity index (χ4v) is 3.66. The number of hydrogen-bond donors (Lipinski definition) is 1. The number of anilines is 1. The lowest BCUT2D eigenvalue weighted by Crippen LogP contribution is -2.38. The zero-order chi connectivity index (χ0) is 13.9. The maximum atomic E-state index is 12.0. The van der Waals surface area contributed by atoms with Gasteiger partial charge in [-0.1, -0.05) is 23.5 Å². The predicted molar refractivity (Wildman–Crippen MR) is 83.2 cm³/mol. The smallest absolute Gasteiger partial charge is 0.225 e. The molecule has 1 aromatic heterocycles. The van der Waals surface area contributed by atoms with Gasteiger partial charge in [0.1, 0.15) is 0 Å². The van der Waals surface area contributed by atoms with Crippen LogP contribution in [-0.4, -0.2) is 30.5 Å². The minimum absolute atomic E-state index is 0.0857. The number of benzene rings is 1. The predicted octanol–water partition coefficient (Wildman–Crippen LogP) is 2.65. The van der Waals surface area contributed by atoms with Gasteiger partial charge < -0.3 is 5.32 Å². The number of hydrogen-bond acceptors (Lipinski definition) is 4. The molecule has 20 heavy (non-hydrogen) atoms. The fraction of sp³-hybridized carbons (Fsp3) is 0.467. The largest absolute Gasteiger partial charge is 0.317 e. The monoisotopic (exact) mass is 289 g/mol. The summed E-state index contributed by atoms with van der Waals surface area (Å²) in [5.74, 6) is 0.662. The topological polar surface area (TPSA) is 45.2 Å². The molecule has 1 aromatic carbocycles. The number of aromatic nitrogens is 1. The van der Waals surface area contributed by atoms with E-state index >= 15 is 0 Å². The number of rotatable bonds is 3. The normalized spacial score (nSPS) is 16.4. The Morgan fingerprint density at radius 2 is 2.15 bits per heavy atom. The highest BCUT2D eigenvalue weighted by Crippen LogP contribution is 2.30. The second-order valence-corrected chi connectivity index (χ2v) is 6.30. The van der Waals surface area contributed by atoms with E-state index in [-0.39, 0.29) is 5.91 Å². The average Bonchev–Trinajstić information content (AvgIpc) is 2.89. The van der Waals surface area contributed by atoms with Crippen molar-refractivity contribution >= 4 is 32.6 Å². The summed E-state index contributed by atoms with van der Waals surface area (Å²) in [5.41, 5.74) is 0.976. The Morgan fingerprint density at radius 1 is 1.40 bits per heavy atom. The van der Waals surface area contributed by atoms with Crippen molar-refractivity contribution in [3.05, 3.63) is 24.3 Å². The summed E-state index contributed by atoms with van der Waals surface area (Å²) in [4.78, 5) is 18.4. The minimum Gasteiger partial charge on any atom is -0.317 e. The van der Waals surface area contributed by atoms with E-state index in [2.05, 4.69) is 16.4 Å². The first-order chi connectivity index (χ1) is 9.74. The van der Waals surface area contributed by atoms with Gasteiger partial charge in [0.2, 0.25) is 5.91 Å². The Balaban J connectivity index is 1.83. The first kappa shape index (κ1) is 13.5. The molecule has 1 saturated heterocycles. The Hall–Kier alpha value is -1.46. The molecule has 1 fully saturated rings. The van der Waals surface area contributed by atoms with E-state index in [0.717, 1.165) is 47.8 Å². The molecule has 0 bridgehead atoms. The van der Waals surface area contributed by atoms with Gasteiger partial charge in [0.25, 0.3) is 0 Å². The molecular formula is C15H19N3OS. The zero-order valence-corrected chi connectivity index (χ0v) is 12.4. The molecule has 5 heteroatoms. The van der Waals surface area contributed by atoms with E-state index in [4.69, 9.17) is 0 Å². The lowest BCUT2D eigenvalue weighted by molar-refractivity contribution is -0.116. The number of thiazole rings is 1. The second-order valence-electron chi connectivity index (χ2n) is 5.29. The number of fused-ring (bicyclic) bond motifs is 1. The van der Waals surface area contributed by atoms with E-state index in [1.807, 2.05) is 23.1 Å². The van der Waals surface area contributed by atoms with Gasteiger partial charge in [-0.2, -0.15) is 0 Å². The Morgan fingerprint density at radius 3 is 2.85 bits per heavy atom. The Bertz CT molecular complexity index is 571. The van der Waals surface area contributed by atoms with E-state index in [1.54, 1.807) is 18.3 Å². The van der Waals surface area contributed by atoms with Crippen LogP contribution in [-0.2, 0) is 4.79 Å². The third-order valence-corrected chi connectivity index (χ3v) is 4.85. The average molecular weight is 289 g/mol. The molecule has 1 aliphatic heterocycles. The van der Waals surface area contributed by atoms with Gasteiger partial charge in [-0.05, 0) is 44.0 Å². The van der Waals surface area contributed by atoms with Crippen LogP contribution in [0.25, 0.3) is 10.2 Å². The van der Waals surface area contributed by atoms with Gasteiger partial charge in [0, 0.05) is 13.5 Å². The lowest BCUT2D eigenvalue weighted by Gasteiger charge is -2.27. The standard InChI is InChI=1S/C15H19N3OS/c1-11(19)18(10-12-6-8-16-9-7-12)15-17-13-4-2-3-5-14(13)20-15/h2-5,12,16H,6-10H2,1H3. The summed E-state index contributed by atoms with van der Waals surface area (Å²) in [7, 11) is 0. The zero-order valence-electron chi connectivity index (χ0n) is 11.6. The molecule has 2 aromatic rings. The molecule has 0 atom stereocenters. The van der Waals surface area contributed by atoms with Crippen molar-refractivity contribution in [1.82, 2.24) is 10.3 Å². The fourth-order valence-electron chi connectivity index (χ4n) is 2.64. The molecule has 0 saturated carbocycles. The van der Waals surface area contributed by atoms with Crippen LogP contribution in [0, 0.1) is 5.92 Å². The molecule has 1 N–H and O–H groups in total. The van der Waals surface area contributed by atoms with Crippen LogP contribution >= 0.6 is 11.3 Å². The minimum atomic E-state index is 0.0857. The summed E-state index contributed by atoms with van der Waals surface area (Å²) in [5, 5.41) is 4.19. The van der Waals surface area contributed by atoms with Crippen molar-refractivity contribution in [2.45, 2.75) is 19.8 Å². The molecule has 0 unspecified atom stereocenters. The van der Waals surface area contributed by atoms with Crippen molar-refractivity contribution < 1.29 is 4.79 Å². The van der Waals surface area contributed by atoms with Crippen LogP contribution in [0.1, 0.15) is 19.8 Å². The van der Waals surface area contributed by atoms with Crippen LogP contribution in [0.3, 0.4) is 0 Å². The van der Waals surface area contributed by atoms with Gasteiger partial charge in [-0.3, -0.25) is 9.69 Å². The maximum absolute atomic E-state index is 12.0. The van der Waals surface area contributed by atoms with E-state index in [1.165, 1.54) is 0 Å². The molecule has 0 aliphatic carbocycles. The molecule has 4 nitrogen and oxygen atoms in total. The Kier molecular flexibility index (Phi) is 3.98. The van der Waals surface area contributed by atoms with Crippen molar-refractivity contribution in [3.63, 3.8) is 0 Å². The van der Waals surface area contributed by atoms with Crippen LogP contribution < -0.4 is 10.2 Å². The highest BCUT2D eigenvalue weighted by molar-refractivity contribution is 7.22. The third kappa shape index (κ3) is 2.83. The van der Waals surface area contributed by atoms with Crippen molar-refractivity contribution in [3.8, 4) is 0 Å². The van der Waals surface area contributed by atoms with Crippen molar-refractivity contribution in [2.24, 2.45) is 5.92 Å². The number of para-hydroxylation sites is 1. The molecule has 1 amide bonds. The number of nitrogens with zero attached hydrogens (tertiary/aromatic N) is 2. The van der Waals surface area contributed by atoms with Crippen LogP contribution in [0.5, 0.6) is 0 Å². The van der Waals surface area contributed by atoms with Crippen molar-refractivity contribution in [1.29, 1.82) is 0 Å². The summed E-state index contributed by atoms with van der Waals surface area (Å²) in [6.07, 6.45) is 2.27. The summed E-state index contributed by atoms with van der Waals surface area (Å²) in [6.45, 7) is 4.52. The summed E-state index contributed by atoms with van der Waals surface area (Å²) >= 11 is 1.60. The molecule has 106 valence electrons. The highest BCUT2D eigenvalue weighted by atomic mass is 32.1. The summed E-state index contributed by atoms with van der Waals surface area (Å²) in [6, 6.07) is 8.05. The number of nitrogens with one attached hydrogen (secondary N) is 1. The highest BCUT2D eigenvalue weighted by Gasteiger charge is 2.22. The molecule has 0 radical (unpaired) electrons. The SMILES string of the molecule is CC(=O)N(CC1CCNCC1)c1nc2ccccc2s1. The van der Waals surface area contributed by atoms with Crippen LogP contribution in [0.2, 0.25) is 0 Å². The molecule has 3 rings (SSSR count). The van der Waals surface area contributed by atoms with Crippen LogP contribution in [0.15, 0.2) is 24.3 Å². The van der Waals surface area contributed by atoms with E-state index in [0.29, 0.717) is 5.92 Å². The first-order valence-corrected chi connectivity index (χ1v) is 7.90. The van der Waals surface area contributed by atoms with E-state index in [9.17, 15) is 4.79 Å². The molecular weight excluding hydrogens is 270 g/mol. The maximum Gasteiger partial charge on any atom is 0.225 e. The van der Waals surface area contributed by atoms with Crippen molar-refractivity contribution in [2.75, 3.05) is 24.5 Å². The second kappa shape index (κ2) is 5.89. The first-order valence-electron chi connectivity index (χ1n) is 7.08. The van der Waals surface area contributed by atoms with Gasteiger partial charge in [-0.25, -0.2) is 4.98 Å². The summed E-state index contributed by atoms with van der Waals surface area (Å²) < 4.78 is 1.14. The number of carbonyl (C=O) groups is 1. The number of carbonyl (C=O) groups excluding carboxylic acids is 1. The van der Waals surface area contributed by atoms with Gasteiger partial charge >= 0.3 is 0 Å². The molecule has 2 heterocycles. The number of piperidine rings is 1. The van der Waals surface area contributed by atoms with Gasteiger partial charge in [0.15, 0.2) is 5.13 Å². The quantitative estimate of drug-likeness (QED) is 0.945. The lowest BCUT2D eigenvalue weighted by atomic mass is 9.98. The third-order valence-electron chi connectivity index (χ3n) is 3.79. The van der Waals surface area contributed by atoms with Gasteiger partial charge in [0.05, 0.1) is 10.2 Å². The Labute approximate surface area is 122 Å². The van der Waals surface area contributed by atoms with E-state index < -0.39 is 0 Å². The molecule has 0 spiro atoms.